The maximum absolute atomic E-state index is 12.0. The minimum atomic E-state index is 0.0806. The van der Waals surface area contributed by atoms with Gasteiger partial charge in [0.15, 0.2) is 0 Å². The standard InChI is InChI=1S/C17H26N2OS/c1-3-14-4-6-15(7-5-14)13(2)19-17(20)12-21-16-8-10-18-11-9-16/h4-7,13,16,18H,3,8-12H2,1-2H3,(H,19,20). The summed E-state index contributed by atoms with van der Waals surface area (Å²) in [6.07, 6.45) is 3.39. The zero-order valence-electron chi connectivity index (χ0n) is 13.0. The molecule has 1 aliphatic heterocycles. The van der Waals surface area contributed by atoms with Gasteiger partial charge in [0, 0.05) is 5.25 Å². The molecule has 1 aromatic rings. The van der Waals surface area contributed by atoms with E-state index in [-0.39, 0.29) is 11.9 Å². The number of hydrogen-bond donors (Lipinski definition) is 2. The van der Waals surface area contributed by atoms with Crippen LogP contribution in [0.15, 0.2) is 24.3 Å². The number of rotatable bonds is 6. The lowest BCUT2D eigenvalue weighted by Gasteiger charge is -2.22. The van der Waals surface area contributed by atoms with E-state index < -0.39 is 0 Å². The number of nitrogens with one attached hydrogen (secondary N) is 2. The lowest BCUT2D eigenvalue weighted by Crippen LogP contribution is -2.32. The van der Waals surface area contributed by atoms with Gasteiger partial charge in [0.25, 0.3) is 0 Å². The van der Waals surface area contributed by atoms with Crippen LogP contribution in [-0.2, 0) is 11.2 Å². The van der Waals surface area contributed by atoms with Crippen molar-refractivity contribution in [1.82, 2.24) is 10.6 Å². The number of benzene rings is 1. The fourth-order valence-electron chi connectivity index (χ4n) is 2.56. The number of carbonyl (C=O) groups is 1. The van der Waals surface area contributed by atoms with Crippen molar-refractivity contribution in [2.24, 2.45) is 0 Å². The van der Waals surface area contributed by atoms with Crippen LogP contribution in [0.1, 0.15) is 43.9 Å². The first-order valence-corrected chi connectivity index (χ1v) is 8.94. The summed E-state index contributed by atoms with van der Waals surface area (Å²) < 4.78 is 0. The molecule has 2 N–H and O–H groups in total. The number of aryl methyl sites for hydroxylation is 1. The molecular formula is C17H26N2OS. The summed E-state index contributed by atoms with van der Waals surface area (Å²) in [5.41, 5.74) is 2.51. The molecule has 0 aromatic heterocycles. The molecule has 0 aliphatic carbocycles. The lowest BCUT2D eigenvalue weighted by atomic mass is 10.1. The average Bonchev–Trinajstić information content (AvgIpc) is 2.54. The van der Waals surface area contributed by atoms with E-state index in [0.717, 1.165) is 19.5 Å². The summed E-state index contributed by atoms with van der Waals surface area (Å²) in [5, 5.41) is 7.08. The van der Waals surface area contributed by atoms with Gasteiger partial charge in [-0.15, -0.1) is 11.8 Å². The summed E-state index contributed by atoms with van der Waals surface area (Å²) in [6, 6.07) is 8.59. The van der Waals surface area contributed by atoms with Gasteiger partial charge in [0.05, 0.1) is 11.8 Å². The lowest BCUT2D eigenvalue weighted by molar-refractivity contribution is -0.119. The number of piperidine rings is 1. The van der Waals surface area contributed by atoms with Crippen LogP contribution in [0, 0.1) is 0 Å². The van der Waals surface area contributed by atoms with Crippen LogP contribution < -0.4 is 10.6 Å². The summed E-state index contributed by atoms with van der Waals surface area (Å²) in [4.78, 5) is 12.0. The average molecular weight is 306 g/mol. The molecule has 1 atom stereocenters. The highest BCUT2D eigenvalue weighted by atomic mass is 32.2. The molecule has 4 heteroatoms. The third-order valence-corrected chi connectivity index (χ3v) is 5.37. The zero-order valence-corrected chi connectivity index (χ0v) is 13.8. The molecule has 21 heavy (non-hydrogen) atoms. The number of amides is 1. The second-order valence-corrected chi connectivity index (χ2v) is 6.93. The van der Waals surface area contributed by atoms with Gasteiger partial charge >= 0.3 is 0 Å². The normalized spacial score (nSPS) is 17.4. The van der Waals surface area contributed by atoms with Crippen molar-refractivity contribution in [3.05, 3.63) is 35.4 Å². The Kier molecular flexibility index (Phi) is 6.58. The summed E-state index contributed by atoms with van der Waals surface area (Å²) in [6.45, 7) is 6.37. The van der Waals surface area contributed by atoms with E-state index in [2.05, 4.69) is 41.8 Å². The number of hydrogen-bond acceptors (Lipinski definition) is 3. The van der Waals surface area contributed by atoms with Gasteiger partial charge in [0.1, 0.15) is 0 Å². The van der Waals surface area contributed by atoms with Crippen molar-refractivity contribution in [3.63, 3.8) is 0 Å². The predicted octanol–water partition coefficient (Wildman–Crippen LogP) is 2.91. The number of carbonyl (C=O) groups excluding carboxylic acids is 1. The van der Waals surface area contributed by atoms with Crippen LogP contribution in [0.4, 0.5) is 0 Å². The second kappa shape index (κ2) is 8.44. The fraction of sp³-hybridized carbons (Fsp3) is 0.588. The first kappa shape index (κ1) is 16.4. The molecule has 3 nitrogen and oxygen atoms in total. The molecule has 1 unspecified atom stereocenters. The van der Waals surface area contributed by atoms with E-state index in [1.807, 2.05) is 6.92 Å². The Labute approximate surface area is 132 Å². The Bertz CT molecular complexity index is 441. The highest BCUT2D eigenvalue weighted by Crippen LogP contribution is 2.20. The Hall–Kier alpha value is -1.00. The van der Waals surface area contributed by atoms with Crippen LogP contribution in [-0.4, -0.2) is 30.0 Å². The molecule has 0 radical (unpaired) electrons. The maximum atomic E-state index is 12.0. The molecule has 0 saturated carbocycles. The van der Waals surface area contributed by atoms with Crippen LogP contribution in [0.2, 0.25) is 0 Å². The van der Waals surface area contributed by atoms with E-state index in [9.17, 15) is 4.79 Å². The van der Waals surface area contributed by atoms with Gasteiger partial charge in [-0.25, -0.2) is 0 Å². The Morgan fingerprint density at radius 2 is 2.00 bits per heavy atom. The van der Waals surface area contributed by atoms with Gasteiger partial charge in [0.2, 0.25) is 5.91 Å². The van der Waals surface area contributed by atoms with Crippen molar-refractivity contribution >= 4 is 17.7 Å². The minimum absolute atomic E-state index is 0.0806. The van der Waals surface area contributed by atoms with E-state index in [0.29, 0.717) is 11.0 Å². The smallest absolute Gasteiger partial charge is 0.230 e. The van der Waals surface area contributed by atoms with E-state index in [1.165, 1.54) is 24.0 Å². The van der Waals surface area contributed by atoms with Crippen molar-refractivity contribution < 1.29 is 4.79 Å². The van der Waals surface area contributed by atoms with E-state index in [1.54, 1.807) is 11.8 Å². The minimum Gasteiger partial charge on any atom is -0.349 e. The molecule has 1 heterocycles. The Morgan fingerprint density at radius 1 is 1.33 bits per heavy atom. The van der Waals surface area contributed by atoms with Gasteiger partial charge in [-0.2, -0.15) is 0 Å². The molecule has 1 fully saturated rings. The maximum Gasteiger partial charge on any atom is 0.230 e. The van der Waals surface area contributed by atoms with Gasteiger partial charge in [-0.05, 0) is 50.4 Å². The second-order valence-electron chi connectivity index (χ2n) is 5.64. The summed E-state index contributed by atoms with van der Waals surface area (Å²) in [7, 11) is 0. The monoisotopic (exact) mass is 306 g/mol. The van der Waals surface area contributed by atoms with Gasteiger partial charge < -0.3 is 10.6 Å². The molecular weight excluding hydrogens is 280 g/mol. The van der Waals surface area contributed by atoms with Crippen LogP contribution >= 0.6 is 11.8 Å². The Morgan fingerprint density at radius 3 is 2.62 bits per heavy atom. The van der Waals surface area contributed by atoms with E-state index >= 15 is 0 Å². The first-order chi connectivity index (χ1) is 10.2. The molecule has 1 amide bonds. The van der Waals surface area contributed by atoms with Gasteiger partial charge in [-0.1, -0.05) is 31.2 Å². The van der Waals surface area contributed by atoms with E-state index in [4.69, 9.17) is 0 Å². The third kappa shape index (κ3) is 5.36. The zero-order chi connectivity index (χ0) is 15.1. The van der Waals surface area contributed by atoms with Crippen LogP contribution in [0.25, 0.3) is 0 Å². The third-order valence-electron chi connectivity index (χ3n) is 4.00. The number of thioether (sulfide) groups is 1. The molecule has 1 saturated heterocycles. The van der Waals surface area contributed by atoms with Crippen molar-refractivity contribution in [2.45, 2.75) is 44.4 Å². The largest absolute Gasteiger partial charge is 0.349 e. The molecule has 2 rings (SSSR count). The molecule has 0 spiro atoms. The van der Waals surface area contributed by atoms with Crippen molar-refractivity contribution in [2.75, 3.05) is 18.8 Å². The highest BCUT2D eigenvalue weighted by Gasteiger charge is 2.16. The SMILES string of the molecule is CCc1ccc(C(C)NC(=O)CSC2CCNCC2)cc1. The fourth-order valence-corrected chi connectivity index (χ4v) is 3.60. The summed E-state index contributed by atoms with van der Waals surface area (Å²) >= 11 is 1.80. The molecule has 0 bridgehead atoms. The molecule has 116 valence electrons. The molecule has 1 aromatic carbocycles. The quantitative estimate of drug-likeness (QED) is 0.849. The topological polar surface area (TPSA) is 41.1 Å². The van der Waals surface area contributed by atoms with Crippen LogP contribution in [0.5, 0.6) is 0 Å². The van der Waals surface area contributed by atoms with Crippen molar-refractivity contribution in [3.8, 4) is 0 Å². The van der Waals surface area contributed by atoms with Gasteiger partial charge in [-0.3, -0.25) is 4.79 Å². The predicted molar refractivity (Wildman–Crippen MR) is 90.7 cm³/mol. The summed E-state index contributed by atoms with van der Waals surface area (Å²) in [5.74, 6) is 0.716. The Balaban J connectivity index is 1.75. The molecule has 1 aliphatic rings. The first-order valence-electron chi connectivity index (χ1n) is 7.89. The van der Waals surface area contributed by atoms with Crippen LogP contribution in [0.3, 0.4) is 0 Å². The van der Waals surface area contributed by atoms with Crippen molar-refractivity contribution in [1.29, 1.82) is 0 Å². The highest BCUT2D eigenvalue weighted by molar-refractivity contribution is 8.00.